The van der Waals surface area contributed by atoms with E-state index in [2.05, 4.69) is 54.9 Å². The summed E-state index contributed by atoms with van der Waals surface area (Å²) in [7, 11) is 4.05. The van der Waals surface area contributed by atoms with E-state index in [1.54, 1.807) is 12.1 Å². The van der Waals surface area contributed by atoms with Gasteiger partial charge in [-0.15, -0.1) is 0 Å². The number of hydrogen-bond donors (Lipinski definition) is 1. The van der Waals surface area contributed by atoms with Gasteiger partial charge in [-0.3, -0.25) is 9.50 Å². The number of hydrogen-bond acceptors (Lipinski definition) is 3. The minimum Gasteiger partial charge on any atom is -0.378 e. The van der Waals surface area contributed by atoms with Gasteiger partial charge in [0.15, 0.2) is 0 Å². The monoisotopic (exact) mass is 397 g/mol. The molecule has 0 saturated carbocycles. The Kier molecular flexibility index (Phi) is 4.32. The number of halogens is 1. The molecule has 0 aliphatic rings. The zero-order chi connectivity index (χ0) is 20.7. The molecule has 3 heterocycles. The van der Waals surface area contributed by atoms with E-state index < -0.39 is 0 Å². The van der Waals surface area contributed by atoms with Gasteiger partial charge in [0, 0.05) is 54.4 Å². The van der Waals surface area contributed by atoms with Crippen molar-refractivity contribution in [3.63, 3.8) is 0 Å². The van der Waals surface area contributed by atoms with Crippen LogP contribution in [0.25, 0.3) is 39.3 Å². The molecule has 5 aromatic rings. The summed E-state index contributed by atoms with van der Waals surface area (Å²) in [5.41, 5.74) is 7.73. The molecule has 0 bridgehead atoms. The lowest BCUT2D eigenvalue weighted by Gasteiger charge is -2.12. The number of anilines is 1. The normalized spacial score (nSPS) is 11.2. The average molecular weight is 397 g/mol. The van der Waals surface area contributed by atoms with Crippen LogP contribution in [0.1, 0.15) is 0 Å². The van der Waals surface area contributed by atoms with Crippen molar-refractivity contribution in [3.8, 4) is 33.6 Å². The van der Waals surface area contributed by atoms with Gasteiger partial charge < -0.3 is 4.90 Å². The summed E-state index contributed by atoms with van der Waals surface area (Å²) in [5, 5.41) is 7.33. The molecule has 6 heteroatoms. The molecule has 1 N–H and O–H groups in total. The molecule has 0 amide bonds. The van der Waals surface area contributed by atoms with E-state index in [0.717, 1.165) is 45.0 Å². The maximum atomic E-state index is 13.3. The number of rotatable bonds is 4. The second kappa shape index (κ2) is 7.15. The third-order valence-electron chi connectivity index (χ3n) is 5.25. The van der Waals surface area contributed by atoms with Crippen LogP contribution >= 0.6 is 0 Å². The summed E-state index contributed by atoms with van der Waals surface area (Å²) in [6.07, 6.45) is 5.82. The Hall–Kier alpha value is -3.93. The molecule has 2 aromatic carbocycles. The van der Waals surface area contributed by atoms with Gasteiger partial charge in [0.25, 0.3) is 0 Å². The maximum Gasteiger partial charge on any atom is 0.137 e. The van der Waals surface area contributed by atoms with E-state index in [1.807, 2.05) is 38.6 Å². The SMILES string of the molecule is CN(C)c1ccc(-c2cnc3ccc(-c4c[nH]nc4-c4ccc(F)cc4)cn23)cc1. The zero-order valence-electron chi connectivity index (χ0n) is 16.7. The number of fused-ring (bicyclic) bond motifs is 1. The Morgan fingerprint density at radius 3 is 2.30 bits per heavy atom. The molecule has 0 fully saturated rings. The molecular formula is C24H20FN5. The van der Waals surface area contributed by atoms with Crippen molar-refractivity contribution in [2.24, 2.45) is 0 Å². The Morgan fingerprint density at radius 2 is 1.57 bits per heavy atom. The molecule has 0 radical (unpaired) electrons. The third kappa shape index (κ3) is 3.12. The highest BCUT2D eigenvalue weighted by Crippen LogP contribution is 2.32. The van der Waals surface area contributed by atoms with Crippen molar-refractivity contribution in [3.05, 3.63) is 85.1 Å². The van der Waals surface area contributed by atoms with Crippen LogP contribution in [0.2, 0.25) is 0 Å². The van der Waals surface area contributed by atoms with Crippen LogP contribution in [0.15, 0.2) is 79.3 Å². The maximum absolute atomic E-state index is 13.3. The van der Waals surface area contributed by atoms with E-state index in [9.17, 15) is 4.39 Å². The fourth-order valence-corrected chi connectivity index (χ4v) is 3.62. The Labute approximate surface area is 173 Å². The molecule has 0 aliphatic heterocycles. The first-order valence-electron chi connectivity index (χ1n) is 9.65. The molecule has 5 nitrogen and oxygen atoms in total. The number of nitrogens with one attached hydrogen (secondary N) is 1. The van der Waals surface area contributed by atoms with Crippen LogP contribution in [-0.2, 0) is 0 Å². The lowest BCUT2D eigenvalue weighted by molar-refractivity contribution is 0.628. The quantitative estimate of drug-likeness (QED) is 0.450. The highest BCUT2D eigenvalue weighted by molar-refractivity contribution is 5.81. The van der Waals surface area contributed by atoms with E-state index in [1.165, 1.54) is 12.1 Å². The standard InChI is InChI=1S/C24H20FN5/c1-29(2)20-10-5-16(6-11-20)22-14-26-23-12-7-18(15-30(22)23)21-13-27-28-24(21)17-3-8-19(25)9-4-17/h3-15H,1-2H3,(H,27,28). The summed E-state index contributed by atoms with van der Waals surface area (Å²) in [6.45, 7) is 0. The first-order chi connectivity index (χ1) is 14.6. The van der Waals surface area contributed by atoms with Crippen molar-refractivity contribution in [2.75, 3.05) is 19.0 Å². The van der Waals surface area contributed by atoms with Gasteiger partial charge in [-0.05, 0) is 48.5 Å². The molecule has 3 aromatic heterocycles. The number of aromatic nitrogens is 4. The summed E-state index contributed by atoms with van der Waals surface area (Å²) in [4.78, 5) is 6.63. The van der Waals surface area contributed by atoms with Crippen molar-refractivity contribution < 1.29 is 4.39 Å². The van der Waals surface area contributed by atoms with Crippen LogP contribution in [0.3, 0.4) is 0 Å². The minimum atomic E-state index is -0.263. The highest BCUT2D eigenvalue weighted by atomic mass is 19.1. The van der Waals surface area contributed by atoms with Crippen LogP contribution in [0, 0.1) is 5.82 Å². The van der Waals surface area contributed by atoms with Crippen molar-refractivity contribution in [2.45, 2.75) is 0 Å². The molecule has 0 saturated heterocycles. The Bertz CT molecular complexity index is 1310. The van der Waals surface area contributed by atoms with Gasteiger partial charge in [0.1, 0.15) is 11.5 Å². The smallest absolute Gasteiger partial charge is 0.137 e. The second-order valence-corrected chi connectivity index (χ2v) is 7.39. The number of nitrogens with zero attached hydrogens (tertiary/aromatic N) is 4. The van der Waals surface area contributed by atoms with Gasteiger partial charge in [-0.25, -0.2) is 9.37 Å². The third-order valence-corrected chi connectivity index (χ3v) is 5.25. The first-order valence-corrected chi connectivity index (χ1v) is 9.65. The van der Waals surface area contributed by atoms with Crippen LogP contribution < -0.4 is 4.90 Å². The Morgan fingerprint density at radius 1 is 0.867 bits per heavy atom. The number of aromatic amines is 1. The van der Waals surface area contributed by atoms with E-state index in [0.29, 0.717) is 0 Å². The number of H-pyrrole nitrogens is 1. The number of imidazole rings is 1. The topological polar surface area (TPSA) is 49.2 Å². The fraction of sp³-hybridized carbons (Fsp3) is 0.0833. The first kappa shape index (κ1) is 18.1. The fourth-order valence-electron chi connectivity index (χ4n) is 3.62. The summed E-state index contributed by atoms with van der Waals surface area (Å²) in [5.74, 6) is -0.263. The molecule has 0 aliphatic carbocycles. The van der Waals surface area contributed by atoms with Gasteiger partial charge in [0.2, 0.25) is 0 Å². The molecule has 0 spiro atoms. The van der Waals surface area contributed by atoms with Crippen molar-refractivity contribution in [1.29, 1.82) is 0 Å². The minimum absolute atomic E-state index is 0.263. The van der Waals surface area contributed by atoms with E-state index in [4.69, 9.17) is 0 Å². The number of pyridine rings is 1. The largest absolute Gasteiger partial charge is 0.378 e. The van der Waals surface area contributed by atoms with Gasteiger partial charge in [-0.2, -0.15) is 5.10 Å². The van der Waals surface area contributed by atoms with Crippen LogP contribution in [0.4, 0.5) is 10.1 Å². The van der Waals surface area contributed by atoms with Gasteiger partial charge in [-0.1, -0.05) is 12.1 Å². The average Bonchev–Trinajstić information content (AvgIpc) is 3.41. The summed E-state index contributed by atoms with van der Waals surface area (Å²) < 4.78 is 15.4. The van der Waals surface area contributed by atoms with Crippen LogP contribution in [0.5, 0.6) is 0 Å². The summed E-state index contributed by atoms with van der Waals surface area (Å²) in [6, 6.07) is 18.8. The molecule has 5 rings (SSSR count). The molecule has 148 valence electrons. The Balaban J connectivity index is 1.59. The molecule has 0 atom stereocenters. The van der Waals surface area contributed by atoms with Crippen molar-refractivity contribution >= 4 is 11.3 Å². The van der Waals surface area contributed by atoms with Crippen molar-refractivity contribution in [1.82, 2.24) is 19.6 Å². The van der Waals surface area contributed by atoms with Gasteiger partial charge >= 0.3 is 0 Å². The second-order valence-electron chi connectivity index (χ2n) is 7.39. The van der Waals surface area contributed by atoms with Crippen LogP contribution in [-0.4, -0.2) is 33.7 Å². The van der Waals surface area contributed by atoms with E-state index in [-0.39, 0.29) is 5.82 Å². The molecule has 0 unspecified atom stereocenters. The zero-order valence-corrected chi connectivity index (χ0v) is 16.7. The lowest BCUT2D eigenvalue weighted by atomic mass is 10.0. The predicted octanol–water partition coefficient (Wildman–Crippen LogP) is 5.26. The van der Waals surface area contributed by atoms with E-state index >= 15 is 0 Å². The molecule has 30 heavy (non-hydrogen) atoms. The highest BCUT2D eigenvalue weighted by Gasteiger charge is 2.13. The predicted molar refractivity (Wildman–Crippen MR) is 118 cm³/mol. The lowest BCUT2D eigenvalue weighted by Crippen LogP contribution is -2.07. The van der Waals surface area contributed by atoms with Gasteiger partial charge in [0.05, 0.1) is 17.6 Å². The summed E-state index contributed by atoms with van der Waals surface area (Å²) >= 11 is 0. The molecular weight excluding hydrogens is 377 g/mol. The number of benzene rings is 2.